The summed E-state index contributed by atoms with van der Waals surface area (Å²) in [4.78, 5) is 5.21. The zero-order valence-corrected chi connectivity index (χ0v) is 25.4. The molecule has 11 rings (SSSR count). The van der Waals surface area contributed by atoms with Crippen molar-refractivity contribution in [2.45, 2.75) is 5.41 Å². The summed E-state index contributed by atoms with van der Waals surface area (Å²) in [7, 11) is 0. The van der Waals surface area contributed by atoms with Crippen LogP contribution < -0.4 is 0 Å². The molecule has 3 heterocycles. The molecule has 0 saturated heterocycles. The fraction of sp³-hybridized carbons (Fsp3) is 0.0227. The minimum Gasteiger partial charge on any atom is -0.309 e. The van der Waals surface area contributed by atoms with Gasteiger partial charge in [0.2, 0.25) is 0 Å². The zero-order chi connectivity index (χ0) is 30.7. The molecule has 2 aromatic heterocycles. The van der Waals surface area contributed by atoms with Crippen molar-refractivity contribution in [3.05, 3.63) is 186 Å². The lowest BCUT2D eigenvalue weighted by atomic mass is 9.65. The Bertz CT molecular complexity index is 2700. The van der Waals surface area contributed by atoms with E-state index in [1.165, 1.54) is 60.9 Å². The Balaban J connectivity index is 1.27. The number of aromatic nitrogens is 3. The van der Waals surface area contributed by atoms with Gasteiger partial charge < -0.3 is 4.57 Å². The van der Waals surface area contributed by atoms with Gasteiger partial charge in [-0.3, -0.25) is 4.57 Å². The first-order valence-corrected chi connectivity index (χ1v) is 16.2. The van der Waals surface area contributed by atoms with Crippen LogP contribution in [0.25, 0.3) is 66.7 Å². The molecule has 0 saturated carbocycles. The fourth-order valence-corrected chi connectivity index (χ4v) is 8.76. The number of hydrogen-bond acceptors (Lipinski definition) is 1. The summed E-state index contributed by atoms with van der Waals surface area (Å²) in [5.41, 5.74) is 15.6. The van der Waals surface area contributed by atoms with Crippen LogP contribution in [0.2, 0.25) is 0 Å². The predicted molar refractivity (Wildman–Crippen MR) is 192 cm³/mol. The molecule has 2 aliphatic rings. The summed E-state index contributed by atoms with van der Waals surface area (Å²) in [6.45, 7) is 0. The number of benzene rings is 7. The highest BCUT2D eigenvalue weighted by molar-refractivity contribution is 6.13. The van der Waals surface area contributed by atoms with Crippen molar-refractivity contribution in [3.8, 4) is 33.9 Å². The van der Waals surface area contributed by atoms with Crippen LogP contribution in [0.15, 0.2) is 164 Å². The lowest BCUT2D eigenvalue weighted by Crippen LogP contribution is -2.33. The van der Waals surface area contributed by atoms with E-state index >= 15 is 0 Å². The first kappa shape index (κ1) is 25.1. The highest BCUT2D eigenvalue weighted by atomic mass is 15.1. The molecule has 7 aromatic carbocycles. The molecule has 3 nitrogen and oxygen atoms in total. The van der Waals surface area contributed by atoms with Crippen molar-refractivity contribution in [3.63, 3.8) is 0 Å². The second-order valence-electron chi connectivity index (χ2n) is 12.7. The standard InChI is InChI=1S/C44H27N3/c1-2-13-29(14-3-1)46-40-24-11-9-22-38(40)45-43(46)28-25-26-32-33-17-12-21-37-42(33)47(41(32)27-28)39-23-10-8-20-36(39)44(37)34-18-6-4-15-30(34)31-16-5-7-19-35(31)44/h1-27H. The minimum atomic E-state index is -0.405. The van der Waals surface area contributed by atoms with Gasteiger partial charge in [-0.2, -0.15) is 0 Å². The Labute approximate surface area is 271 Å². The van der Waals surface area contributed by atoms with Crippen LogP contribution in [0.4, 0.5) is 0 Å². The molecule has 0 radical (unpaired) electrons. The molecular weight excluding hydrogens is 571 g/mol. The van der Waals surface area contributed by atoms with Crippen molar-refractivity contribution in [1.82, 2.24) is 14.1 Å². The Morgan fingerprint density at radius 2 is 1.11 bits per heavy atom. The highest BCUT2D eigenvalue weighted by Gasteiger charge is 2.50. The SMILES string of the molecule is c1ccc(-n2c(-c3ccc4c5cccc6c5n(c4c3)-c3ccccc3C63c4ccccc4-c4ccccc43)nc3ccccc32)cc1. The number of imidazole rings is 1. The molecule has 0 bridgehead atoms. The van der Waals surface area contributed by atoms with Gasteiger partial charge in [-0.05, 0) is 69.8 Å². The molecule has 0 unspecified atom stereocenters. The second kappa shape index (κ2) is 8.96. The normalized spacial score (nSPS) is 13.7. The fourth-order valence-electron chi connectivity index (χ4n) is 8.76. The number of rotatable bonds is 2. The summed E-state index contributed by atoms with van der Waals surface area (Å²) in [5, 5.41) is 2.52. The van der Waals surface area contributed by atoms with Gasteiger partial charge in [0.15, 0.2) is 0 Å². The first-order chi connectivity index (χ1) is 23.3. The highest BCUT2D eigenvalue weighted by Crippen LogP contribution is 2.60. The van der Waals surface area contributed by atoms with E-state index in [9.17, 15) is 0 Å². The van der Waals surface area contributed by atoms with Gasteiger partial charge in [0.1, 0.15) is 5.82 Å². The summed E-state index contributed by atoms with van der Waals surface area (Å²) in [5.74, 6) is 0.941. The number of fused-ring (bicyclic) bond motifs is 13. The van der Waals surface area contributed by atoms with Crippen LogP contribution in [0.1, 0.15) is 22.3 Å². The van der Waals surface area contributed by atoms with Gasteiger partial charge in [-0.15, -0.1) is 0 Å². The van der Waals surface area contributed by atoms with Gasteiger partial charge in [-0.25, -0.2) is 4.98 Å². The van der Waals surface area contributed by atoms with Crippen molar-refractivity contribution in [2.75, 3.05) is 0 Å². The van der Waals surface area contributed by atoms with Crippen LogP contribution in [0.3, 0.4) is 0 Å². The van der Waals surface area contributed by atoms with Crippen molar-refractivity contribution in [2.24, 2.45) is 0 Å². The van der Waals surface area contributed by atoms with E-state index in [1.807, 2.05) is 0 Å². The van der Waals surface area contributed by atoms with Crippen LogP contribution in [0.5, 0.6) is 0 Å². The van der Waals surface area contributed by atoms with Gasteiger partial charge in [0, 0.05) is 22.0 Å². The third kappa shape index (κ3) is 3.04. The third-order valence-corrected chi connectivity index (χ3v) is 10.5. The van der Waals surface area contributed by atoms with E-state index in [4.69, 9.17) is 4.98 Å². The van der Waals surface area contributed by atoms with Crippen LogP contribution in [0, 0.1) is 0 Å². The van der Waals surface area contributed by atoms with Gasteiger partial charge in [-0.1, -0.05) is 127 Å². The summed E-state index contributed by atoms with van der Waals surface area (Å²) in [6.07, 6.45) is 0. The maximum Gasteiger partial charge on any atom is 0.145 e. The summed E-state index contributed by atoms with van der Waals surface area (Å²) in [6, 6.07) is 59.9. The lowest BCUT2D eigenvalue weighted by Gasteiger charge is -2.39. The first-order valence-electron chi connectivity index (χ1n) is 16.2. The maximum atomic E-state index is 5.21. The molecule has 0 fully saturated rings. The topological polar surface area (TPSA) is 22.8 Å². The van der Waals surface area contributed by atoms with Crippen LogP contribution in [-0.4, -0.2) is 14.1 Å². The van der Waals surface area contributed by atoms with E-state index < -0.39 is 5.41 Å². The second-order valence-corrected chi connectivity index (χ2v) is 12.7. The lowest BCUT2D eigenvalue weighted by molar-refractivity contribution is 0.748. The Hall–Kier alpha value is -6.19. The molecule has 3 heteroatoms. The number of hydrogen-bond donors (Lipinski definition) is 0. The summed E-state index contributed by atoms with van der Waals surface area (Å²) >= 11 is 0. The average molecular weight is 598 g/mol. The third-order valence-electron chi connectivity index (χ3n) is 10.5. The molecule has 218 valence electrons. The quantitative estimate of drug-likeness (QED) is 0.194. The van der Waals surface area contributed by atoms with E-state index in [2.05, 4.69) is 173 Å². The Morgan fingerprint density at radius 3 is 1.91 bits per heavy atom. The minimum absolute atomic E-state index is 0.405. The largest absolute Gasteiger partial charge is 0.309 e. The average Bonchev–Trinajstić information content (AvgIpc) is 3.79. The van der Waals surface area contributed by atoms with Gasteiger partial charge in [0.05, 0.1) is 33.2 Å². The summed E-state index contributed by atoms with van der Waals surface area (Å²) < 4.78 is 4.80. The molecular formula is C44H27N3. The smallest absolute Gasteiger partial charge is 0.145 e. The molecule has 47 heavy (non-hydrogen) atoms. The molecule has 0 amide bonds. The Kier molecular flexibility index (Phi) is 4.78. The molecule has 9 aromatic rings. The van der Waals surface area contributed by atoms with Crippen molar-refractivity contribution in [1.29, 1.82) is 0 Å². The number of para-hydroxylation sites is 5. The van der Waals surface area contributed by atoms with E-state index in [-0.39, 0.29) is 0 Å². The molecule has 1 aliphatic heterocycles. The monoisotopic (exact) mass is 597 g/mol. The van der Waals surface area contributed by atoms with Crippen molar-refractivity contribution < 1.29 is 0 Å². The van der Waals surface area contributed by atoms with E-state index in [1.54, 1.807) is 0 Å². The molecule has 1 aliphatic carbocycles. The molecule has 1 spiro atoms. The molecule has 0 atom stereocenters. The predicted octanol–water partition coefficient (Wildman–Crippen LogP) is 10.5. The molecule has 0 N–H and O–H groups in total. The van der Waals surface area contributed by atoms with Gasteiger partial charge >= 0.3 is 0 Å². The van der Waals surface area contributed by atoms with Crippen LogP contribution >= 0.6 is 0 Å². The van der Waals surface area contributed by atoms with E-state index in [0.717, 1.165) is 28.1 Å². The Morgan fingerprint density at radius 1 is 0.447 bits per heavy atom. The van der Waals surface area contributed by atoms with E-state index in [0.29, 0.717) is 0 Å². The van der Waals surface area contributed by atoms with Crippen LogP contribution in [-0.2, 0) is 5.41 Å². The number of nitrogens with zero attached hydrogens (tertiary/aromatic N) is 3. The van der Waals surface area contributed by atoms with Gasteiger partial charge in [0.25, 0.3) is 0 Å². The van der Waals surface area contributed by atoms with Crippen molar-refractivity contribution >= 4 is 32.8 Å². The zero-order valence-electron chi connectivity index (χ0n) is 25.4. The maximum absolute atomic E-state index is 5.21.